The summed E-state index contributed by atoms with van der Waals surface area (Å²) in [5.74, 6) is 0.128. The maximum Gasteiger partial charge on any atom is 0.191 e. The van der Waals surface area contributed by atoms with Crippen molar-refractivity contribution in [2.24, 2.45) is 5.41 Å². The summed E-state index contributed by atoms with van der Waals surface area (Å²) in [7, 11) is 0. The molecule has 0 spiro atoms. The summed E-state index contributed by atoms with van der Waals surface area (Å²) in [4.78, 5) is 15.7. The predicted octanol–water partition coefficient (Wildman–Crippen LogP) is 3.52. The Bertz CT molecular complexity index is 314. The Hall–Kier alpha value is -0.220. The first-order valence-electron chi connectivity index (χ1n) is 4.03. The molecule has 0 saturated carbocycles. The number of nitrogens with zero attached hydrogens (tertiary/aromatic N) is 1. The second kappa shape index (κ2) is 3.88. The molecule has 0 unspecified atom stereocenters. The Morgan fingerprint density at radius 3 is 2.62 bits per heavy atom. The minimum Gasteiger partial charge on any atom is -0.291 e. The second-order valence-electron chi connectivity index (χ2n) is 4.14. The highest BCUT2D eigenvalue weighted by molar-refractivity contribution is 9.10. The van der Waals surface area contributed by atoms with Gasteiger partial charge in [-0.3, -0.25) is 4.79 Å². The minimum atomic E-state index is 0.0369. The molecule has 4 heteroatoms. The van der Waals surface area contributed by atoms with E-state index >= 15 is 0 Å². The summed E-state index contributed by atoms with van der Waals surface area (Å²) in [6.07, 6.45) is 0.549. The van der Waals surface area contributed by atoms with E-state index in [1.54, 1.807) is 0 Å². The van der Waals surface area contributed by atoms with Crippen LogP contribution in [-0.4, -0.2) is 10.8 Å². The third kappa shape index (κ3) is 3.56. The summed E-state index contributed by atoms with van der Waals surface area (Å²) in [6, 6.07) is 0. The number of carbonyl (C=O) groups excluding carboxylic acids is 1. The largest absolute Gasteiger partial charge is 0.291 e. The van der Waals surface area contributed by atoms with Crippen molar-refractivity contribution < 1.29 is 4.79 Å². The van der Waals surface area contributed by atoms with Crippen molar-refractivity contribution in [3.8, 4) is 0 Å². The molecule has 0 aromatic carbocycles. The average Bonchev–Trinajstić information content (AvgIpc) is 2.31. The first-order chi connectivity index (χ1) is 5.88. The van der Waals surface area contributed by atoms with Gasteiger partial charge in [0.25, 0.3) is 0 Å². The van der Waals surface area contributed by atoms with Crippen LogP contribution in [0.4, 0.5) is 0 Å². The topological polar surface area (TPSA) is 30.0 Å². The molecule has 0 amide bonds. The van der Waals surface area contributed by atoms with Gasteiger partial charge in [-0.25, -0.2) is 4.98 Å². The van der Waals surface area contributed by atoms with Gasteiger partial charge < -0.3 is 0 Å². The Labute approximate surface area is 90.5 Å². The van der Waals surface area contributed by atoms with E-state index in [0.29, 0.717) is 11.4 Å². The number of carbonyl (C=O) groups is 1. The third-order valence-corrected chi connectivity index (χ3v) is 3.00. The van der Waals surface area contributed by atoms with Gasteiger partial charge in [0.05, 0.1) is 0 Å². The van der Waals surface area contributed by atoms with E-state index in [1.165, 1.54) is 11.3 Å². The average molecular weight is 262 g/mol. The molecule has 1 aromatic rings. The fraction of sp³-hybridized carbons (Fsp3) is 0.556. The number of halogens is 1. The molecule has 0 aliphatic rings. The highest BCUT2D eigenvalue weighted by Crippen LogP contribution is 2.23. The smallest absolute Gasteiger partial charge is 0.191 e. The van der Waals surface area contributed by atoms with Crippen LogP contribution in [0.1, 0.15) is 37.0 Å². The number of ketones is 1. The zero-order valence-electron chi connectivity index (χ0n) is 7.93. The van der Waals surface area contributed by atoms with Gasteiger partial charge in [-0.2, -0.15) is 0 Å². The molecule has 0 fully saturated rings. The van der Waals surface area contributed by atoms with Crippen LogP contribution in [0.15, 0.2) is 9.98 Å². The first kappa shape index (κ1) is 10.9. The zero-order valence-corrected chi connectivity index (χ0v) is 10.3. The molecule has 1 heterocycles. The maximum absolute atomic E-state index is 11.6. The quantitative estimate of drug-likeness (QED) is 0.763. The summed E-state index contributed by atoms with van der Waals surface area (Å²) in [5.41, 5.74) is 0.0369. The highest BCUT2D eigenvalue weighted by atomic mass is 79.9. The molecule has 0 aliphatic heterocycles. The van der Waals surface area contributed by atoms with Gasteiger partial charge in [-0.1, -0.05) is 20.8 Å². The SMILES string of the molecule is CC(C)(C)CC(=O)c1nc(Br)cs1. The number of aromatic nitrogens is 1. The molecule has 0 aliphatic carbocycles. The fourth-order valence-corrected chi connectivity index (χ4v) is 2.13. The lowest BCUT2D eigenvalue weighted by atomic mass is 9.90. The molecule has 1 aromatic heterocycles. The summed E-state index contributed by atoms with van der Waals surface area (Å²) in [5, 5.41) is 2.43. The van der Waals surface area contributed by atoms with Crippen LogP contribution in [0.25, 0.3) is 0 Å². The van der Waals surface area contributed by atoms with Gasteiger partial charge in [0.2, 0.25) is 0 Å². The van der Waals surface area contributed by atoms with Crippen LogP contribution in [0.5, 0.6) is 0 Å². The van der Waals surface area contributed by atoms with E-state index in [0.717, 1.165) is 4.60 Å². The second-order valence-corrected chi connectivity index (χ2v) is 5.81. The molecule has 2 nitrogen and oxygen atoms in total. The zero-order chi connectivity index (χ0) is 10.1. The van der Waals surface area contributed by atoms with E-state index < -0.39 is 0 Å². The molecule has 0 saturated heterocycles. The lowest BCUT2D eigenvalue weighted by Crippen LogP contribution is -2.12. The van der Waals surface area contributed by atoms with E-state index in [9.17, 15) is 4.79 Å². The lowest BCUT2D eigenvalue weighted by molar-refractivity contribution is 0.0939. The Morgan fingerprint density at radius 1 is 1.62 bits per heavy atom. The van der Waals surface area contributed by atoms with E-state index in [1.807, 2.05) is 26.2 Å². The van der Waals surface area contributed by atoms with Crippen LogP contribution in [0.2, 0.25) is 0 Å². The van der Waals surface area contributed by atoms with Crippen molar-refractivity contribution in [3.63, 3.8) is 0 Å². The monoisotopic (exact) mass is 261 g/mol. The summed E-state index contributed by atoms with van der Waals surface area (Å²) in [6.45, 7) is 6.15. The maximum atomic E-state index is 11.6. The van der Waals surface area contributed by atoms with Crippen molar-refractivity contribution in [3.05, 3.63) is 15.0 Å². The molecule has 72 valence electrons. The van der Waals surface area contributed by atoms with E-state index in [2.05, 4.69) is 20.9 Å². The predicted molar refractivity (Wildman–Crippen MR) is 58.2 cm³/mol. The summed E-state index contributed by atoms with van der Waals surface area (Å²) >= 11 is 4.62. The fourth-order valence-electron chi connectivity index (χ4n) is 0.940. The van der Waals surface area contributed by atoms with Crippen molar-refractivity contribution in [2.75, 3.05) is 0 Å². The standard InChI is InChI=1S/C9H12BrNOS/c1-9(2,3)4-6(12)8-11-7(10)5-13-8/h5H,4H2,1-3H3. The van der Waals surface area contributed by atoms with Gasteiger partial charge >= 0.3 is 0 Å². The van der Waals surface area contributed by atoms with Crippen LogP contribution < -0.4 is 0 Å². The number of rotatable bonds is 2. The summed E-state index contributed by atoms with van der Waals surface area (Å²) < 4.78 is 0.745. The Kier molecular flexibility index (Phi) is 3.24. The highest BCUT2D eigenvalue weighted by Gasteiger charge is 2.19. The minimum absolute atomic E-state index is 0.0369. The van der Waals surface area contributed by atoms with Gasteiger partial charge in [-0.05, 0) is 21.3 Å². The molecule has 13 heavy (non-hydrogen) atoms. The van der Waals surface area contributed by atoms with Crippen LogP contribution in [0.3, 0.4) is 0 Å². The molecule has 0 radical (unpaired) electrons. The number of hydrogen-bond donors (Lipinski definition) is 0. The lowest BCUT2D eigenvalue weighted by Gasteiger charge is -2.15. The number of thiazole rings is 1. The molecular weight excluding hydrogens is 250 g/mol. The van der Waals surface area contributed by atoms with Crippen molar-refractivity contribution in [2.45, 2.75) is 27.2 Å². The molecule has 1 rings (SSSR count). The molecular formula is C9H12BrNOS. The van der Waals surface area contributed by atoms with Gasteiger partial charge in [-0.15, -0.1) is 11.3 Å². The molecule has 0 N–H and O–H groups in total. The third-order valence-electron chi connectivity index (χ3n) is 1.41. The van der Waals surface area contributed by atoms with Gasteiger partial charge in [0.15, 0.2) is 10.8 Å². The Balaban J connectivity index is 2.70. The van der Waals surface area contributed by atoms with Crippen LogP contribution >= 0.6 is 27.3 Å². The normalized spacial score (nSPS) is 11.7. The number of hydrogen-bond acceptors (Lipinski definition) is 3. The van der Waals surface area contributed by atoms with E-state index in [4.69, 9.17) is 0 Å². The van der Waals surface area contributed by atoms with Crippen molar-refractivity contribution >= 4 is 33.0 Å². The van der Waals surface area contributed by atoms with Crippen LogP contribution in [-0.2, 0) is 0 Å². The van der Waals surface area contributed by atoms with Crippen LogP contribution in [0, 0.1) is 5.41 Å². The van der Waals surface area contributed by atoms with Crippen molar-refractivity contribution in [1.29, 1.82) is 0 Å². The molecule has 0 bridgehead atoms. The van der Waals surface area contributed by atoms with Gasteiger partial charge in [0.1, 0.15) is 4.60 Å². The number of Topliss-reactive ketones (excluding diaryl/α,β-unsaturated/α-hetero) is 1. The Morgan fingerprint density at radius 2 is 2.23 bits per heavy atom. The molecule has 0 atom stereocenters. The van der Waals surface area contributed by atoms with E-state index in [-0.39, 0.29) is 11.2 Å². The van der Waals surface area contributed by atoms with Crippen molar-refractivity contribution in [1.82, 2.24) is 4.98 Å². The van der Waals surface area contributed by atoms with Gasteiger partial charge in [0, 0.05) is 11.8 Å². The first-order valence-corrected chi connectivity index (χ1v) is 5.70.